The Morgan fingerprint density at radius 3 is 2.88 bits per heavy atom. The van der Waals surface area contributed by atoms with Crippen LogP contribution in [0, 0.1) is 0 Å². The highest BCUT2D eigenvalue weighted by molar-refractivity contribution is 5.88. The molecule has 0 bridgehead atoms. The van der Waals surface area contributed by atoms with Crippen molar-refractivity contribution in [3.05, 3.63) is 54.7 Å². The number of rotatable bonds is 4. The van der Waals surface area contributed by atoms with Crippen molar-refractivity contribution in [1.82, 2.24) is 15.0 Å². The molecule has 1 unspecified atom stereocenters. The van der Waals surface area contributed by atoms with Crippen LogP contribution in [-0.4, -0.2) is 27.1 Å². The molecule has 0 aliphatic rings. The van der Waals surface area contributed by atoms with Crippen molar-refractivity contribution < 1.29 is 9.53 Å². The number of anilines is 1. The van der Waals surface area contributed by atoms with E-state index in [1.807, 2.05) is 43.3 Å². The van der Waals surface area contributed by atoms with Gasteiger partial charge in [0, 0.05) is 5.56 Å². The van der Waals surface area contributed by atoms with Crippen LogP contribution in [0.4, 0.5) is 10.5 Å². The zero-order chi connectivity index (χ0) is 16.9. The van der Waals surface area contributed by atoms with E-state index in [1.54, 1.807) is 25.3 Å². The Kier molecular flexibility index (Phi) is 4.56. The topological polar surface area (TPSA) is 79.9 Å². The van der Waals surface area contributed by atoms with Gasteiger partial charge < -0.3 is 9.72 Å². The lowest BCUT2D eigenvalue weighted by Crippen LogP contribution is -2.18. The first-order valence-electron chi connectivity index (χ1n) is 7.67. The number of carbonyl (C=O) groups excluding carboxylic acids is 1. The van der Waals surface area contributed by atoms with Crippen molar-refractivity contribution in [1.29, 1.82) is 0 Å². The van der Waals surface area contributed by atoms with Gasteiger partial charge in [0.2, 0.25) is 0 Å². The Morgan fingerprint density at radius 1 is 1.33 bits per heavy atom. The first-order valence-corrected chi connectivity index (χ1v) is 7.67. The summed E-state index contributed by atoms with van der Waals surface area (Å²) in [4.78, 5) is 23.8. The number of nitrogens with zero attached hydrogens (tertiary/aromatic N) is 2. The number of aromatic amines is 1. The van der Waals surface area contributed by atoms with Gasteiger partial charge in [-0.1, -0.05) is 36.4 Å². The van der Waals surface area contributed by atoms with E-state index in [0.29, 0.717) is 11.3 Å². The summed E-state index contributed by atoms with van der Waals surface area (Å²) in [5.74, 6) is 0.736. The van der Waals surface area contributed by atoms with Crippen molar-refractivity contribution in [2.24, 2.45) is 0 Å². The molecule has 0 radical (unpaired) electrons. The molecule has 0 spiro atoms. The molecule has 6 heteroatoms. The van der Waals surface area contributed by atoms with E-state index < -0.39 is 6.09 Å². The summed E-state index contributed by atoms with van der Waals surface area (Å²) in [6, 6.07) is 11.6. The predicted molar refractivity (Wildman–Crippen MR) is 93.7 cm³/mol. The Balaban J connectivity index is 1.78. The smallest absolute Gasteiger partial charge is 0.412 e. The zero-order valence-corrected chi connectivity index (χ0v) is 13.5. The predicted octanol–water partition coefficient (Wildman–Crippen LogP) is 4.14. The van der Waals surface area contributed by atoms with Gasteiger partial charge in [0.15, 0.2) is 5.65 Å². The Morgan fingerprint density at radius 2 is 2.12 bits per heavy atom. The molecule has 122 valence electrons. The van der Waals surface area contributed by atoms with Gasteiger partial charge in [0.1, 0.15) is 11.9 Å². The fourth-order valence-electron chi connectivity index (χ4n) is 2.33. The van der Waals surface area contributed by atoms with Gasteiger partial charge in [-0.15, -0.1) is 0 Å². The van der Waals surface area contributed by atoms with E-state index in [9.17, 15) is 4.79 Å². The number of fused-ring (bicyclic) bond motifs is 1. The molecule has 3 rings (SSSR count). The second kappa shape index (κ2) is 6.95. The lowest BCUT2D eigenvalue weighted by atomic mass is 10.2. The first kappa shape index (κ1) is 15.7. The highest BCUT2D eigenvalue weighted by Crippen LogP contribution is 2.21. The second-order valence-electron chi connectivity index (χ2n) is 5.31. The van der Waals surface area contributed by atoms with Crippen LogP contribution in [0.15, 0.2) is 54.7 Å². The third-order valence-electron chi connectivity index (χ3n) is 3.39. The average Bonchev–Trinajstić information content (AvgIpc) is 2.99. The van der Waals surface area contributed by atoms with Gasteiger partial charge in [0.25, 0.3) is 0 Å². The van der Waals surface area contributed by atoms with E-state index in [1.165, 1.54) is 0 Å². The average molecular weight is 322 g/mol. The van der Waals surface area contributed by atoms with Gasteiger partial charge in [-0.05, 0) is 26.0 Å². The molecule has 2 aromatic heterocycles. The standard InChI is InChI=1S/C18H18N4O2/c1-3-7-12(2)24-18(23)20-14-10-15-17(19-11-14)22-16(21-15)13-8-5-4-6-9-13/h3-12H,1-2H3,(H,20,23)(H,19,21,22)/b7-3+. The summed E-state index contributed by atoms with van der Waals surface area (Å²) in [6.07, 6.45) is 4.37. The number of hydrogen-bond donors (Lipinski definition) is 2. The van der Waals surface area contributed by atoms with E-state index in [4.69, 9.17) is 4.74 Å². The third kappa shape index (κ3) is 3.60. The van der Waals surface area contributed by atoms with Crippen LogP contribution in [0.2, 0.25) is 0 Å². The third-order valence-corrected chi connectivity index (χ3v) is 3.39. The lowest BCUT2D eigenvalue weighted by molar-refractivity contribution is 0.142. The first-order chi connectivity index (χ1) is 11.7. The fourth-order valence-corrected chi connectivity index (χ4v) is 2.33. The maximum atomic E-state index is 11.8. The quantitative estimate of drug-likeness (QED) is 0.708. The monoisotopic (exact) mass is 322 g/mol. The van der Waals surface area contributed by atoms with Crippen LogP contribution in [0.3, 0.4) is 0 Å². The van der Waals surface area contributed by atoms with Gasteiger partial charge in [-0.2, -0.15) is 0 Å². The van der Waals surface area contributed by atoms with Crippen molar-refractivity contribution in [3.8, 4) is 11.4 Å². The molecule has 2 N–H and O–H groups in total. The number of aromatic nitrogens is 3. The van der Waals surface area contributed by atoms with Crippen LogP contribution in [-0.2, 0) is 4.74 Å². The number of H-pyrrole nitrogens is 1. The highest BCUT2D eigenvalue weighted by atomic mass is 16.6. The number of hydrogen-bond acceptors (Lipinski definition) is 4. The molecule has 0 fully saturated rings. The Labute approximate surface area is 139 Å². The number of benzene rings is 1. The zero-order valence-electron chi connectivity index (χ0n) is 13.5. The molecule has 1 amide bonds. The largest absolute Gasteiger partial charge is 0.442 e. The number of ether oxygens (including phenoxy) is 1. The minimum Gasteiger partial charge on any atom is -0.442 e. The van der Waals surface area contributed by atoms with Crippen LogP contribution in [0.5, 0.6) is 0 Å². The highest BCUT2D eigenvalue weighted by Gasteiger charge is 2.10. The molecular weight excluding hydrogens is 304 g/mol. The second-order valence-corrected chi connectivity index (χ2v) is 5.31. The normalized spacial score (nSPS) is 12.4. The van der Waals surface area contributed by atoms with E-state index in [2.05, 4.69) is 20.3 Å². The van der Waals surface area contributed by atoms with Crippen molar-refractivity contribution in [2.45, 2.75) is 20.0 Å². The Hall–Kier alpha value is -3.15. The maximum absolute atomic E-state index is 11.8. The molecule has 24 heavy (non-hydrogen) atoms. The van der Waals surface area contributed by atoms with Gasteiger partial charge in [-0.25, -0.2) is 14.8 Å². The molecular formula is C18H18N4O2. The number of amides is 1. The van der Waals surface area contributed by atoms with E-state index >= 15 is 0 Å². The van der Waals surface area contributed by atoms with Gasteiger partial charge in [0.05, 0.1) is 17.4 Å². The van der Waals surface area contributed by atoms with Crippen LogP contribution in [0.25, 0.3) is 22.6 Å². The van der Waals surface area contributed by atoms with Crippen molar-refractivity contribution in [3.63, 3.8) is 0 Å². The van der Waals surface area contributed by atoms with E-state index in [-0.39, 0.29) is 6.10 Å². The number of nitrogens with one attached hydrogen (secondary N) is 2. The van der Waals surface area contributed by atoms with Crippen LogP contribution in [0.1, 0.15) is 13.8 Å². The van der Waals surface area contributed by atoms with Crippen LogP contribution < -0.4 is 5.32 Å². The number of carbonyl (C=O) groups is 1. The molecule has 1 atom stereocenters. The number of allylic oxidation sites excluding steroid dienone is 1. The Bertz CT molecular complexity index is 871. The minimum absolute atomic E-state index is 0.288. The maximum Gasteiger partial charge on any atom is 0.412 e. The number of pyridine rings is 1. The molecule has 0 saturated heterocycles. The minimum atomic E-state index is -0.524. The molecule has 3 aromatic rings. The number of imidazole rings is 1. The molecule has 0 aliphatic carbocycles. The van der Waals surface area contributed by atoms with Gasteiger partial charge in [-0.3, -0.25) is 5.32 Å². The summed E-state index contributed by atoms with van der Waals surface area (Å²) >= 11 is 0. The molecule has 2 heterocycles. The van der Waals surface area contributed by atoms with Crippen LogP contribution >= 0.6 is 0 Å². The molecule has 0 aliphatic heterocycles. The summed E-state index contributed by atoms with van der Waals surface area (Å²) in [6.45, 7) is 3.67. The summed E-state index contributed by atoms with van der Waals surface area (Å²) in [5, 5.41) is 2.67. The summed E-state index contributed by atoms with van der Waals surface area (Å²) in [7, 11) is 0. The van der Waals surface area contributed by atoms with Gasteiger partial charge >= 0.3 is 6.09 Å². The molecule has 0 saturated carbocycles. The lowest BCUT2D eigenvalue weighted by Gasteiger charge is -2.10. The molecule has 1 aromatic carbocycles. The van der Waals surface area contributed by atoms with Crippen molar-refractivity contribution >= 4 is 22.9 Å². The SMILES string of the molecule is C/C=C/C(C)OC(=O)Nc1cnc2nc(-c3ccccc3)[nH]c2c1. The van der Waals surface area contributed by atoms with Crippen molar-refractivity contribution in [2.75, 3.05) is 5.32 Å². The fraction of sp³-hybridized carbons (Fsp3) is 0.167. The van der Waals surface area contributed by atoms with E-state index in [0.717, 1.165) is 16.9 Å². The molecule has 6 nitrogen and oxygen atoms in total. The summed E-state index contributed by atoms with van der Waals surface area (Å²) in [5.41, 5.74) is 2.86. The summed E-state index contributed by atoms with van der Waals surface area (Å²) < 4.78 is 5.19.